The highest BCUT2D eigenvalue weighted by Gasteiger charge is 2.28. The first-order chi connectivity index (χ1) is 9.70. The first-order valence-corrected chi connectivity index (χ1v) is 7.01. The van der Waals surface area contributed by atoms with Crippen LogP contribution >= 0.6 is 0 Å². The van der Waals surface area contributed by atoms with Crippen LogP contribution in [0.1, 0.15) is 36.7 Å². The summed E-state index contributed by atoms with van der Waals surface area (Å²) in [6.45, 7) is 2.83. The molecule has 0 saturated carbocycles. The average Bonchev–Trinajstić information content (AvgIpc) is 2.95. The maximum Gasteiger partial charge on any atom is 0.236 e. The number of piperidine rings is 1. The summed E-state index contributed by atoms with van der Waals surface area (Å²) in [7, 11) is 0. The van der Waals surface area contributed by atoms with E-state index >= 15 is 0 Å². The van der Waals surface area contributed by atoms with E-state index in [0.29, 0.717) is 0 Å². The van der Waals surface area contributed by atoms with E-state index in [-0.39, 0.29) is 18.5 Å². The Morgan fingerprint density at radius 1 is 1.50 bits per heavy atom. The van der Waals surface area contributed by atoms with Gasteiger partial charge in [-0.05, 0) is 32.3 Å². The molecule has 106 valence electrons. The quantitative estimate of drug-likeness (QED) is 0.887. The summed E-state index contributed by atoms with van der Waals surface area (Å²) in [5.41, 5.74) is 8.32. The molecule has 1 atom stereocenters. The maximum absolute atomic E-state index is 12.0. The number of hydrogen-bond donors (Lipinski definition) is 1. The fourth-order valence-corrected chi connectivity index (χ4v) is 2.92. The number of likely N-dealkylation sites (tertiary alicyclic amines) is 1. The van der Waals surface area contributed by atoms with Gasteiger partial charge in [-0.25, -0.2) is 9.50 Å². The molecule has 1 amide bonds. The van der Waals surface area contributed by atoms with Gasteiger partial charge in [0.05, 0.1) is 24.5 Å². The third-order valence-electron chi connectivity index (χ3n) is 3.90. The molecule has 2 aromatic heterocycles. The van der Waals surface area contributed by atoms with Crippen LogP contribution in [0.15, 0.2) is 18.3 Å². The molecule has 2 aromatic rings. The normalized spacial score (nSPS) is 19.5. The largest absolute Gasteiger partial charge is 0.333 e. The van der Waals surface area contributed by atoms with Crippen LogP contribution in [0.3, 0.4) is 0 Å². The Hall–Kier alpha value is -1.95. The summed E-state index contributed by atoms with van der Waals surface area (Å²) in [5.74, 6) is 0.00235. The highest BCUT2D eigenvalue weighted by atomic mass is 16.2. The predicted octanol–water partition coefficient (Wildman–Crippen LogP) is 1.05. The molecule has 0 aromatic carbocycles. The molecular formula is C14H19N5O. The monoisotopic (exact) mass is 273 g/mol. The van der Waals surface area contributed by atoms with Crippen LogP contribution in [-0.4, -0.2) is 38.5 Å². The molecule has 6 heteroatoms. The summed E-state index contributed by atoms with van der Waals surface area (Å²) in [6.07, 6.45) is 4.84. The summed E-state index contributed by atoms with van der Waals surface area (Å²) in [5, 5.41) is 4.23. The first-order valence-electron chi connectivity index (χ1n) is 7.01. The van der Waals surface area contributed by atoms with Gasteiger partial charge in [-0.3, -0.25) is 4.79 Å². The molecular weight excluding hydrogens is 254 g/mol. The number of rotatable bonds is 2. The maximum atomic E-state index is 12.0. The van der Waals surface area contributed by atoms with E-state index in [1.165, 1.54) is 0 Å². The second kappa shape index (κ2) is 5.20. The number of aryl methyl sites for hydroxylation is 1. The van der Waals surface area contributed by atoms with Gasteiger partial charge in [0, 0.05) is 18.3 Å². The molecule has 2 N–H and O–H groups in total. The molecule has 0 radical (unpaired) electrons. The standard InChI is InChI=1S/C14H19N5O/c1-10-8-11(17-13-5-6-16-19(10)13)12-4-2-3-7-18(12)14(20)9-15/h5-6,8,12H,2-4,7,9,15H2,1H3/t12-/m0/s1. The Labute approximate surface area is 117 Å². The second-order valence-corrected chi connectivity index (χ2v) is 5.23. The minimum absolute atomic E-state index is 0.00235. The molecule has 1 fully saturated rings. The molecule has 0 bridgehead atoms. The highest BCUT2D eigenvalue weighted by Crippen LogP contribution is 2.30. The predicted molar refractivity (Wildman–Crippen MR) is 75.1 cm³/mol. The molecule has 0 aliphatic carbocycles. The SMILES string of the molecule is Cc1cc([C@@H]2CCCCN2C(=O)CN)nc2ccnn12. The zero-order valence-electron chi connectivity index (χ0n) is 11.6. The van der Waals surface area contributed by atoms with E-state index in [2.05, 4.69) is 10.1 Å². The Kier molecular flexibility index (Phi) is 3.40. The van der Waals surface area contributed by atoms with Crippen molar-refractivity contribution in [1.29, 1.82) is 0 Å². The van der Waals surface area contributed by atoms with Crippen LogP contribution in [0, 0.1) is 6.92 Å². The summed E-state index contributed by atoms with van der Waals surface area (Å²) < 4.78 is 1.81. The van der Waals surface area contributed by atoms with E-state index < -0.39 is 0 Å². The number of nitrogens with zero attached hydrogens (tertiary/aromatic N) is 4. The van der Waals surface area contributed by atoms with Crippen molar-refractivity contribution in [2.24, 2.45) is 5.73 Å². The van der Waals surface area contributed by atoms with Gasteiger partial charge in [0.25, 0.3) is 0 Å². The molecule has 1 aliphatic rings. The van der Waals surface area contributed by atoms with Gasteiger partial charge >= 0.3 is 0 Å². The zero-order valence-corrected chi connectivity index (χ0v) is 11.6. The molecule has 1 saturated heterocycles. The minimum atomic E-state index is 0.00235. The van der Waals surface area contributed by atoms with Crippen LogP contribution in [0.4, 0.5) is 0 Å². The van der Waals surface area contributed by atoms with Crippen LogP contribution in [0.5, 0.6) is 0 Å². The number of aromatic nitrogens is 3. The number of carbonyl (C=O) groups excluding carboxylic acids is 1. The van der Waals surface area contributed by atoms with Crippen molar-refractivity contribution in [3.63, 3.8) is 0 Å². The lowest BCUT2D eigenvalue weighted by Crippen LogP contribution is -2.42. The van der Waals surface area contributed by atoms with Crippen molar-refractivity contribution in [2.75, 3.05) is 13.1 Å². The molecule has 0 spiro atoms. The van der Waals surface area contributed by atoms with Gasteiger partial charge in [0.2, 0.25) is 5.91 Å². The molecule has 3 rings (SSSR count). The van der Waals surface area contributed by atoms with E-state index in [9.17, 15) is 4.79 Å². The molecule has 20 heavy (non-hydrogen) atoms. The van der Waals surface area contributed by atoms with Gasteiger partial charge < -0.3 is 10.6 Å². The van der Waals surface area contributed by atoms with Crippen molar-refractivity contribution in [1.82, 2.24) is 19.5 Å². The van der Waals surface area contributed by atoms with Gasteiger partial charge in [-0.1, -0.05) is 0 Å². The van der Waals surface area contributed by atoms with Crippen LogP contribution in [0.25, 0.3) is 5.65 Å². The topological polar surface area (TPSA) is 76.5 Å². The highest BCUT2D eigenvalue weighted by molar-refractivity contribution is 5.78. The fraction of sp³-hybridized carbons (Fsp3) is 0.500. The smallest absolute Gasteiger partial charge is 0.236 e. The van der Waals surface area contributed by atoms with Gasteiger partial charge in [0.1, 0.15) is 0 Å². The van der Waals surface area contributed by atoms with Crippen molar-refractivity contribution >= 4 is 11.6 Å². The van der Waals surface area contributed by atoms with Crippen molar-refractivity contribution < 1.29 is 4.79 Å². The van der Waals surface area contributed by atoms with Crippen molar-refractivity contribution in [3.05, 3.63) is 29.7 Å². The minimum Gasteiger partial charge on any atom is -0.333 e. The summed E-state index contributed by atoms with van der Waals surface area (Å²) in [6, 6.07) is 3.94. The van der Waals surface area contributed by atoms with Crippen LogP contribution in [0.2, 0.25) is 0 Å². The summed E-state index contributed by atoms with van der Waals surface area (Å²) in [4.78, 5) is 18.5. The Balaban J connectivity index is 2.00. The molecule has 0 unspecified atom stereocenters. The Morgan fingerprint density at radius 2 is 2.35 bits per heavy atom. The van der Waals surface area contributed by atoms with E-state index in [1.54, 1.807) is 10.7 Å². The number of nitrogens with two attached hydrogens (primary N) is 1. The number of fused-ring (bicyclic) bond motifs is 1. The van der Waals surface area contributed by atoms with Gasteiger partial charge in [0.15, 0.2) is 5.65 Å². The molecule has 3 heterocycles. The Bertz CT molecular complexity index is 636. The number of hydrogen-bond acceptors (Lipinski definition) is 4. The van der Waals surface area contributed by atoms with E-state index in [4.69, 9.17) is 5.73 Å². The van der Waals surface area contributed by atoms with Gasteiger partial charge in [-0.15, -0.1) is 0 Å². The van der Waals surface area contributed by atoms with Gasteiger partial charge in [-0.2, -0.15) is 5.10 Å². The van der Waals surface area contributed by atoms with Crippen molar-refractivity contribution in [3.8, 4) is 0 Å². The lowest BCUT2D eigenvalue weighted by Gasteiger charge is -2.35. The second-order valence-electron chi connectivity index (χ2n) is 5.23. The van der Waals surface area contributed by atoms with Crippen LogP contribution in [-0.2, 0) is 4.79 Å². The third-order valence-corrected chi connectivity index (χ3v) is 3.90. The van der Waals surface area contributed by atoms with Crippen molar-refractivity contribution in [2.45, 2.75) is 32.2 Å². The fourth-order valence-electron chi connectivity index (χ4n) is 2.92. The van der Waals surface area contributed by atoms with E-state index in [1.807, 2.05) is 24.0 Å². The average molecular weight is 273 g/mol. The Morgan fingerprint density at radius 3 is 3.15 bits per heavy atom. The van der Waals surface area contributed by atoms with E-state index in [0.717, 1.165) is 42.8 Å². The number of carbonyl (C=O) groups is 1. The number of amides is 1. The molecule has 1 aliphatic heterocycles. The lowest BCUT2D eigenvalue weighted by atomic mass is 9.98. The zero-order chi connectivity index (χ0) is 14.1. The lowest BCUT2D eigenvalue weighted by molar-refractivity contribution is -0.133. The van der Waals surface area contributed by atoms with Crippen LogP contribution < -0.4 is 5.73 Å². The first kappa shape index (κ1) is 13.1. The molecule has 6 nitrogen and oxygen atoms in total. The third kappa shape index (κ3) is 2.16. The summed E-state index contributed by atoms with van der Waals surface area (Å²) >= 11 is 0.